The van der Waals surface area contributed by atoms with E-state index in [4.69, 9.17) is 11.5 Å². The van der Waals surface area contributed by atoms with Gasteiger partial charge in [0.25, 0.3) is 0 Å². The van der Waals surface area contributed by atoms with E-state index < -0.39 is 0 Å². The van der Waals surface area contributed by atoms with Crippen molar-refractivity contribution in [3.05, 3.63) is 65.9 Å². The Kier molecular flexibility index (Phi) is 6.67. The molecule has 2 heterocycles. The lowest BCUT2D eigenvalue weighted by molar-refractivity contribution is -0.116. The highest BCUT2D eigenvalue weighted by Crippen LogP contribution is 2.31. The van der Waals surface area contributed by atoms with Crippen LogP contribution in [0.5, 0.6) is 0 Å². The summed E-state index contributed by atoms with van der Waals surface area (Å²) in [4.78, 5) is 13.4. The number of nitrogen functional groups attached to an aromatic ring is 1. The van der Waals surface area contributed by atoms with Crippen molar-refractivity contribution in [3.63, 3.8) is 0 Å². The molecule has 1 aliphatic rings. The van der Waals surface area contributed by atoms with Crippen LogP contribution >= 0.6 is 0 Å². The molecular weight excluding hydrogens is 362 g/mol. The Labute approximate surface area is 170 Å². The first kappa shape index (κ1) is 20.2. The lowest BCUT2D eigenvalue weighted by Crippen LogP contribution is -2.33. The molecule has 0 spiro atoms. The number of anilines is 2. The first-order chi connectivity index (χ1) is 14.1. The topological polar surface area (TPSA) is 101 Å². The molecule has 0 saturated heterocycles. The number of aromatic nitrogens is 2. The van der Waals surface area contributed by atoms with Crippen molar-refractivity contribution >= 4 is 17.3 Å². The minimum atomic E-state index is 0.116. The SMILES string of the molecule is CC(=O)N1CCCc2cc(-c3ccn[nH]3)ccc21.NCC#Cc1ccc(N)cc1. The van der Waals surface area contributed by atoms with Crippen molar-refractivity contribution in [1.82, 2.24) is 10.2 Å². The molecule has 0 aliphatic carbocycles. The molecule has 0 unspecified atom stereocenters. The van der Waals surface area contributed by atoms with Crippen molar-refractivity contribution in [1.29, 1.82) is 0 Å². The summed E-state index contributed by atoms with van der Waals surface area (Å²) < 4.78 is 0. The molecule has 0 fully saturated rings. The number of aromatic amines is 1. The van der Waals surface area contributed by atoms with Gasteiger partial charge in [-0.25, -0.2) is 0 Å². The van der Waals surface area contributed by atoms with E-state index in [1.807, 2.05) is 47.4 Å². The molecule has 1 amide bonds. The smallest absolute Gasteiger partial charge is 0.223 e. The number of carbonyl (C=O) groups excluding carboxylic acids is 1. The third-order valence-electron chi connectivity index (χ3n) is 4.64. The highest BCUT2D eigenvalue weighted by Gasteiger charge is 2.20. The first-order valence-electron chi connectivity index (χ1n) is 9.53. The summed E-state index contributed by atoms with van der Waals surface area (Å²) in [6.07, 6.45) is 3.80. The van der Waals surface area contributed by atoms with Crippen molar-refractivity contribution < 1.29 is 4.79 Å². The minimum absolute atomic E-state index is 0.116. The molecule has 6 heteroatoms. The monoisotopic (exact) mass is 387 g/mol. The molecular formula is C23H25N5O. The Balaban J connectivity index is 0.000000188. The summed E-state index contributed by atoms with van der Waals surface area (Å²) in [6.45, 7) is 2.84. The normalized spacial score (nSPS) is 12.1. The molecule has 2 aromatic carbocycles. The molecule has 1 aliphatic heterocycles. The summed E-state index contributed by atoms with van der Waals surface area (Å²) in [6, 6.07) is 15.6. The average Bonchev–Trinajstić information content (AvgIpc) is 3.28. The average molecular weight is 387 g/mol. The molecule has 3 aromatic rings. The zero-order valence-corrected chi connectivity index (χ0v) is 16.5. The number of benzene rings is 2. The maximum atomic E-state index is 11.6. The third kappa shape index (κ3) is 5.24. The molecule has 6 nitrogen and oxygen atoms in total. The number of hydrogen-bond donors (Lipinski definition) is 3. The number of aryl methyl sites for hydroxylation is 1. The molecule has 4 rings (SSSR count). The van der Waals surface area contributed by atoms with Crippen LogP contribution in [-0.2, 0) is 11.2 Å². The van der Waals surface area contributed by atoms with Gasteiger partial charge < -0.3 is 16.4 Å². The summed E-state index contributed by atoms with van der Waals surface area (Å²) in [7, 11) is 0. The van der Waals surface area contributed by atoms with E-state index in [0.717, 1.165) is 47.6 Å². The molecule has 0 bridgehead atoms. The van der Waals surface area contributed by atoms with E-state index in [1.165, 1.54) is 5.56 Å². The van der Waals surface area contributed by atoms with Gasteiger partial charge in [-0.05, 0) is 66.4 Å². The van der Waals surface area contributed by atoms with Crippen molar-refractivity contribution in [2.24, 2.45) is 5.73 Å². The number of nitrogens with two attached hydrogens (primary N) is 2. The largest absolute Gasteiger partial charge is 0.399 e. The Morgan fingerprint density at radius 1 is 1.21 bits per heavy atom. The van der Waals surface area contributed by atoms with Crippen LogP contribution in [-0.4, -0.2) is 29.2 Å². The van der Waals surface area contributed by atoms with Crippen molar-refractivity contribution in [2.45, 2.75) is 19.8 Å². The minimum Gasteiger partial charge on any atom is -0.399 e. The van der Waals surface area contributed by atoms with E-state index in [-0.39, 0.29) is 5.91 Å². The fourth-order valence-electron chi connectivity index (χ4n) is 3.23. The van der Waals surface area contributed by atoms with Crippen LogP contribution in [0.4, 0.5) is 11.4 Å². The van der Waals surface area contributed by atoms with Gasteiger partial charge in [-0.3, -0.25) is 9.89 Å². The summed E-state index contributed by atoms with van der Waals surface area (Å²) in [5.74, 6) is 5.78. The Morgan fingerprint density at radius 3 is 2.66 bits per heavy atom. The summed E-state index contributed by atoms with van der Waals surface area (Å²) >= 11 is 0. The van der Waals surface area contributed by atoms with Crippen molar-refractivity contribution in [2.75, 3.05) is 23.7 Å². The highest BCUT2D eigenvalue weighted by atomic mass is 16.2. The highest BCUT2D eigenvalue weighted by molar-refractivity contribution is 5.93. The van der Waals surface area contributed by atoms with Crippen LogP contribution in [0.15, 0.2) is 54.7 Å². The Hall–Kier alpha value is -3.56. The molecule has 0 atom stereocenters. The van der Waals surface area contributed by atoms with Gasteiger partial charge in [-0.1, -0.05) is 17.9 Å². The number of nitrogens with zero attached hydrogens (tertiary/aromatic N) is 2. The standard InChI is InChI=1S/C14H15N3O.C9H10N2/c1-10(18)17-8-2-3-12-9-11(4-5-14(12)17)13-6-7-15-16-13;10-7-1-2-8-3-5-9(11)6-4-8/h4-7,9H,2-3,8H2,1H3,(H,15,16);3-6H,7,10-11H2. The number of H-pyrrole nitrogens is 1. The quantitative estimate of drug-likeness (QED) is 0.441. The molecule has 0 saturated carbocycles. The van der Waals surface area contributed by atoms with Gasteiger partial charge in [0.05, 0.1) is 12.2 Å². The van der Waals surface area contributed by atoms with E-state index in [9.17, 15) is 4.79 Å². The fraction of sp³-hybridized carbons (Fsp3) is 0.217. The zero-order valence-electron chi connectivity index (χ0n) is 16.5. The third-order valence-corrected chi connectivity index (χ3v) is 4.64. The van der Waals surface area contributed by atoms with Gasteiger partial charge in [0.1, 0.15) is 0 Å². The zero-order chi connectivity index (χ0) is 20.6. The lowest BCUT2D eigenvalue weighted by Gasteiger charge is -2.28. The van der Waals surface area contributed by atoms with Gasteiger partial charge in [0.15, 0.2) is 0 Å². The first-order valence-corrected chi connectivity index (χ1v) is 9.53. The second-order valence-corrected chi connectivity index (χ2v) is 6.72. The number of fused-ring (bicyclic) bond motifs is 1. The lowest BCUT2D eigenvalue weighted by atomic mass is 9.98. The summed E-state index contributed by atoms with van der Waals surface area (Å²) in [5.41, 5.74) is 16.8. The molecule has 148 valence electrons. The fourth-order valence-corrected chi connectivity index (χ4v) is 3.23. The maximum Gasteiger partial charge on any atom is 0.223 e. The van der Waals surface area contributed by atoms with Crippen LogP contribution in [0.25, 0.3) is 11.3 Å². The molecule has 5 N–H and O–H groups in total. The van der Waals surface area contributed by atoms with E-state index in [1.54, 1.807) is 13.1 Å². The number of carbonyl (C=O) groups is 1. The molecule has 1 aromatic heterocycles. The van der Waals surface area contributed by atoms with Gasteiger partial charge >= 0.3 is 0 Å². The van der Waals surface area contributed by atoms with Gasteiger partial charge in [-0.2, -0.15) is 5.10 Å². The van der Waals surface area contributed by atoms with E-state index in [0.29, 0.717) is 6.54 Å². The number of nitrogens with one attached hydrogen (secondary N) is 1. The summed E-state index contributed by atoms with van der Waals surface area (Å²) in [5, 5.41) is 6.93. The van der Waals surface area contributed by atoms with Crippen LogP contribution in [0, 0.1) is 11.8 Å². The second kappa shape index (κ2) is 9.58. The Bertz CT molecular complexity index is 1010. The van der Waals surface area contributed by atoms with E-state index in [2.05, 4.69) is 28.1 Å². The van der Waals surface area contributed by atoms with Crippen LogP contribution < -0.4 is 16.4 Å². The van der Waals surface area contributed by atoms with Crippen LogP contribution in [0.3, 0.4) is 0 Å². The van der Waals surface area contributed by atoms with Gasteiger partial charge in [0.2, 0.25) is 5.91 Å². The van der Waals surface area contributed by atoms with Crippen LogP contribution in [0.1, 0.15) is 24.5 Å². The predicted octanol–water partition coefficient (Wildman–Crippen LogP) is 2.95. The number of amides is 1. The Morgan fingerprint density at radius 2 is 2.00 bits per heavy atom. The number of rotatable bonds is 1. The number of hydrogen-bond acceptors (Lipinski definition) is 4. The van der Waals surface area contributed by atoms with Gasteiger partial charge in [-0.15, -0.1) is 0 Å². The maximum absolute atomic E-state index is 11.6. The van der Waals surface area contributed by atoms with Gasteiger partial charge in [0, 0.05) is 36.6 Å². The predicted molar refractivity (Wildman–Crippen MR) is 117 cm³/mol. The molecule has 29 heavy (non-hydrogen) atoms. The van der Waals surface area contributed by atoms with Crippen molar-refractivity contribution in [3.8, 4) is 23.1 Å². The van der Waals surface area contributed by atoms with Crippen LogP contribution in [0.2, 0.25) is 0 Å². The second-order valence-electron chi connectivity index (χ2n) is 6.72. The molecule has 0 radical (unpaired) electrons. The van der Waals surface area contributed by atoms with E-state index >= 15 is 0 Å².